The Balaban J connectivity index is 0.00000225. The molecule has 8 heteroatoms. The van der Waals surface area contributed by atoms with Crippen LogP contribution < -0.4 is 5.32 Å². The Morgan fingerprint density at radius 2 is 1.67 bits per heavy atom. The van der Waals surface area contributed by atoms with Crippen molar-refractivity contribution in [3.05, 3.63) is 102 Å². The minimum atomic E-state index is -0.566. The fourth-order valence-corrected chi connectivity index (χ4v) is 3.31. The van der Waals surface area contributed by atoms with E-state index < -0.39 is 11.6 Å². The molecule has 39 heavy (non-hydrogen) atoms. The average molecular weight is 541 g/mol. The van der Waals surface area contributed by atoms with Crippen molar-refractivity contribution in [2.24, 2.45) is 0 Å². The van der Waals surface area contributed by atoms with Crippen molar-refractivity contribution in [3.8, 4) is 0 Å². The quantitative estimate of drug-likeness (QED) is 0.149. The highest BCUT2D eigenvalue weighted by molar-refractivity contribution is 6.04. The van der Waals surface area contributed by atoms with Crippen LogP contribution >= 0.6 is 0 Å². The number of benzene rings is 2. The number of carbonyl (C=O) groups is 2. The number of hydrogen-bond donors (Lipinski definition) is 2. The summed E-state index contributed by atoms with van der Waals surface area (Å²) in [6.45, 7) is 10.6. The van der Waals surface area contributed by atoms with Crippen LogP contribution in [0, 0.1) is 5.82 Å². The summed E-state index contributed by atoms with van der Waals surface area (Å²) in [6, 6.07) is 13.7. The molecular weight excluding hydrogens is 498 g/mol. The number of H-pyrrole nitrogens is 1. The molecule has 0 spiro atoms. The molecular formula is C31H42F2N4O2. The first-order valence-electron chi connectivity index (χ1n) is 13.0. The number of aromatic nitrogens is 2. The second kappa shape index (κ2) is 20.9. The third-order valence-electron chi connectivity index (χ3n) is 5.06. The van der Waals surface area contributed by atoms with Crippen LogP contribution in [0.15, 0.2) is 84.4 Å². The van der Waals surface area contributed by atoms with E-state index in [1.807, 2.05) is 83.1 Å². The van der Waals surface area contributed by atoms with Gasteiger partial charge >= 0.3 is 0 Å². The first-order valence-corrected chi connectivity index (χ1v) is 13.0. The monoisotopic (exact) mass is 540 g/mol. The number of imidazole rings is 1. The first-order chi connectivity index (χ1) is 19.0. The predicted octanol–water partition coefficient (Wildman–Crippen LogP) is 7.52. The molecule has 3 rings (SSSR count). The number of aromatic amines is 1. The van der Waals surface area contributed by atoms with Crippen LogP contribution in [0.1, 0.15) is 63.6 Å². The maximum absolute atomic E-state index is 13.7. The van der Waals surface area contributed by atoms with Crippen LogP contribution in [0.4, 0.5) is 8.78 Å². The predicted molar refractivity (Wildman–Crippen MR) is 157 cm³/mol. The third kappa shape index (κ3) is 12.3. The molecule has 2 N–H and O–H groups in total. The zero-order chi connectivity index (χ0) is 29.6. The number of aldehydes is 1. The Bertz CT molecular complexity index is 1180. The molecule has 3 aromatic rings. The summed E-state index contributed by atoms with van der Waals surface area (Å²) in [5.74, 6) is -0.136. The first kappa shape index (κ1) is 34.9. The van der Waals surface area contributed by atoms with Gasteiger partial charge < -0.3 is 20.0 Å². The van der Waals surface area contributed by atoms with Crippen molar-refractivity contribution >= 4 is 23.1 Å². The number of allylic oxidation sites excluding steroid dienone is 4. The van der Waals surface area contributed by atoms with Crippen LogP contribution in [-0.4, -0.2) is 41.2 Å². The molecule has 0 aliphatic rings. The summed E-state index contributed by atoms with van der Waals surface area (Å²) in [5, 5.41) is 3.00. The molecule has 0 saturated heterocycles. The van der Waals surface area contributed by atoms with Crippen LogP contribution in [0.3, 0.4) is 0 Å². The highest BCUT2D eigenvalue weighted by Crippen LogP contribution is 2.13. The lowest BCUT2D eigenvalue weighted by atomic mass is 10.1. The van der Waals surface area contributed by atoms with Crippen molar-refractivity contribution in [2.75, 3.05) is 14.2 Å². The van der Waals surface area contributed by atoms with E-state index in [2.05, 4.69) is 15.3 Å². The van der Waals surface area contributed by atoms with E-state index >= 15 is 0 Å². The molecule has 0 radical (unpaired) electrons. The highest BCUT2D eigenvalue weighted by atomic mass is 19.1. The zero-order valence-electron chi connectivity index (χ0n) is 24.1. The van der Waals surface area contributed by atoms with Crippen LogP contribution in [-0.2, 0) is 11.3 Å². The van der Waals surface area contributed by atoms with E-state index in [4.69, 9.17) is 0 Å². The number of alkyl halides is 1. The smallest absolute Gasteiger partial charge is 0.190 e. The van der Waals surface area contributed by atoms with Crippen molar-refractivity contribution in [3.63, 3.8) is 0 Å². The molecule has 212 valence electrons. The van der Waals surface area contributed by atoms with Gasteiger partial charge in [-0.05, 0) is 49.4 Å². The zero-order valence-corrected chi connectivity index (χ0v) is 24.1. The highest BCUT2D eigenvalue weighted by Gasteiger charge is 2.07. The second-order valence-corrected chi connectivity index (χ2v) is 7.66. The molecule has 0 fully saturated rings. The van der Waals surface area contributed by atoms with E-state index in [-0.39, 0.29) is 12.0 Å². The summed E-state index contributed by atoms with van der Waals surface area (Å²) >= 11 is 0. The fourth-order valence-electron chi connectivity index (χ4n) is 3.31. The van der Waals surface area contributed by atoms with Crippen LogP contribution in [0.5, 0.6) is 0 Å². The number of halogens is 2. The summed E-state index contributed by atoms with van der Waals surface area (Å²) in [6.07, 6.45) is 8.27. The lowest BCUT2D eigenvalue weighted by Crippen LogP contribution is -2.11. The van der Waals surface area contributed by atoms with Crippen molar-refractivity contribution in [1.29, 1.82) is 0 Å². The molecule has 0 aliphatic carbocycles. The van der Waals surface area contributed by atoms with Crippen molar-refractivity contribution in [1.82, 2.24) is 20.2 Å². The van der Waals surface area contributed by atoms with Gasteiger partial charge in [0, 0.05) is 31.4 Å². The van der Waals surface area contributed by atoms with Crippen molar-refractivity contribution < 1.29 is 18.4 Å². The molecule has 0 unspecified atom stereocenters. The van der Waals surface area contributed by atoms with Crippen LogP contribution in [0.2, 0.25) is 0 Å². The third-order valence-corrected chi connectivity index (χ3v) is 5.06. The second-order valence-electron chi connectivity index (χ2n) is 7.66. The number of hydrogen-bond acceptors (Lipinski definition) is 5. The maximum Gasteiger partial charge on any atom is 0.190 e. The summed E-state index contributed by atoms with van der Waals surface area (Å²) in [4.78, 5) is 33.1. The van der Waals surface area contributed by atoms with Gasteiger partial charge in [0.15, 0.2) is 5.78 Å². The van der Waals surface area contributed by atoms with Gasteiger partial charge in [-0.2, -0.15) is 0 Å². The Labute approximate surface area is 231 Å². The fraction of sp³-hybridized carbons (Fsp3) is 0.323. The minimum Gasteiger partial charge on any atom is -0.373 e. The molecule has 0 atom stereocenters. The SMILES string of the molecule is C/C(CC=CN(C)Cc1nc2ccccc2[nH]1)=C(/CC=O)N/C=C/C(=O)c1ccccc1F.CC.CC.CF. The molecule has 1 aromatic heterocycles. The van der Waals surface area contributed by atoms with Crippen molar-refractivity contribution in [2.45, 2.75) is 54.0 Å². The molecule has 0 saturated carbocycles. The number of para-hydroxylation sites is 2. The molecule has 0 amide bonds. The maximum atomic E-state index is 13.7. The van der Waals surface area contributed by atoms with Gasteiger partial charge in [-0.15, -0.1) is 0 Å². The number of nitrogens with one attached hydrogen (secondary N) is 2. The van der Waals surface area contributed by atoms with E-state index in [0.717, 1.165) is 28.7 Å². The van der Waals surface area contributed by atoms with E-state index in [1.54, 1.807) is 6.07 Å². The van der Waals surface area contributed by atoms with Gasteiger partial charge in [0.25, 0.3) is 0 Å². The number of ketones is 1. The molecule has 1 heterocycles. The van der Waals surface area contributed by atoms with Gasteiger partial charge in [-0.25, -0.2) is 9.37 Å². The Morgan fingerprint density at radius 3 is 2.31 bits per heavy atom. The Kier molecular flexibility index (Phi) is 18.7. The van der Waals surface area contributed by atoms with Crippen LogP contribution in [0.25, 0.3) is 11.0 Å². The minimum absolute atomic E-state index is 0.00334. The summed E-state index contributed by atoms with van der Waals surface area (Å²) < 4.78 is 23.2. The van der Waals surface area contributed by atoms with Gasteiger partial charge in [-0.3, -0.25) is 9.18 Å². The molecule has 6 nitrogen and oxygen atoms in total. The van der Waals surface area contributed by atoms with Gasteiger partial charge in [0.1, 0.15) is 17.9 Å². The average Bonchev–Trinajstić information content (AvgIpc) is 3.38. The number of fused-ring (bicyclic) bond motifs is 1. The van der Waals surface area contributed by atoms with E-state index in [1.165, 1.54) is 30.5 Å². The number of carbonyl (C=O) groups excluding carboxylic acids is 2. The molecule has 2 aromatic carbocycles. The largest absolute Gasteiger partial charge is 0.373 e. The number of rotatable bonds is 11. The van der Waals surface area contributed by atoms with E-state index in [0.29, 0.717) is 25.8 Å². The molecule has 0 aliphatic heterocycles. The summed E-state index contributed by atoms with van der Waals surface area (Å²) in [7, 11) is 2.46. The molecule has 0 bridgehead atoms. The van der Waals surface area contributed by atoms with E-state index in [9.17, 15) is 18.4 Å². The van der Waals surface area contributed by atoms with Gasteiger partial charge in [0.2, 0.25) is 0 Å². The lowest BCUT2D eigenvalue weighted by molar-refractivity contribution is -0.107. The topological polar surface area (TPSA) is 78.1 Å². The standard InChI is InChI=1S/C26H27FN4O2.2C2H6.CH3F/c1-19(8-7-16-31(2)18-26-29-23-11-5-6-12-24(23)30-26)22(14-17-32)28-15-13-25(33)20-9-3-4-10-21(20)27;3*1-2/h3-7,9-13,15-17,28H,8,14,18H2,1-2H3,(H,29,30);2*1-2H3;1H3/b15-13+,16-7?,22-19+;;;. The Hall–Kier alpha value is -4.07. The van der Waals surface area contributed by atoms with Gasteiger partial charge in [0.05, 0.1) is 30.3 Å². The summed E-state index contributed by atoms with van der Waals surface area (Å²) in [5.41, 5.74) is 3.61. The number of nitrogens with zero attached hydrogens (tertiary/aromatic N) is 2. The van der Waals surface area contributed by atoms with Gasteiger partial charge in [-0.1, -0.05) is 58.0 Å². The lowest BCUT2D eigenvalue weighted by Gasteiger charge is -2.12. The normalized spacial score (nSPS) is 10.9. The Morgan fingerprint density at radius 1 is 1.03 bits per heavy atom.